The Morgan fingerprint density at radius 1 is 1.14 bits per heavy atom. The molecule has 150 valence electrons. The molecule has 0 radical (unpaired) electrons. The molecule has 1 N–H and O–H groups in total. The normalized spacial score (nSPS) is 17.8. The van der Waals surface area contributed by atoms with Crippen LogP contribution in [0.3, 0.4) is 0 Å². The fourth-order valence-electron chi connectivity index (χ4n) is 3.97. The van der Waals surface area contributed by atoms with Gasteiger partial charge < -0.3 is 10.2 Å². The van der Waals surface area contributed by atoms with Crippen LogP contribution in [-0.2, 0) is 4.79 Å². The average molecular weight is 420 g/mol. The van der Waals surface area contributed by atoms with Gasteiger partial charge in [0.2, 0.25) is 11.9 Å². The summed E-state index contributed by atoms with van der Waals surface area (Å²) in [6.07, 6.45) is 8.20. The Morgan fingerprint density at radius 2 is 1.93 bits per heavy atom. The second kappa shape index (κ2) is 9.18. The number of carbonyl (C=O) groups is 1. The number of anilines is 1. The minimum absolute atomic E-state index is 0.0697. The highest BCUT2D eigenvalue weighted by Gasteiger charge is 2.23. The molecule has 0 unspecified atom stereocenters. The van der Waals surface area contributed by atoms with E-state index < -0.39 is 0 Å². The molecule has 0 atom stereocenters. The lowest BCUT2D eigenvalue weighted by molar-refractivity contribution is -0.119. The van der Waals surface area contributed by atoms with Crippen LogP contribution in [0.4, 0.5) is 5.95 Å². The van der Waals surface area contributed by atoms with E-state index in [2.05, 4.69) is 20.4 Å². The molecule has 0 bridgehead atoms. The molecule has 28 heavy (non-hydrogen) atoms. The number of hydrogen-bond acceptors (Lipinski definition) is 5. The number of nitrogens with zero attached hydrogens (tertiary/aromatic N) is 4. The predicted octanol–water partition coefficient (Wildman–Crippen LogP) is 4.06. The van der Waals surface area contributed by atoms with E-state index in [1.165, 1.54) is 31.0 Å². The number of nitrogens with one attached hydrogen (secondary N) is 1. The van der Waals surface area contributed by atoms with E-state index in [0.717, 1.165) is 55.6 Å². The lowest BCUT2D eigenvalue weighted by Gasteiger charge is -2.22. The van der Waals surface area contributed by atoms with Gasteiger partial charge in [-0.2, -0.15) is 0 Å². The standard InChI is InChI=1S/C20H26ClN5OS/c21-15-7-6-10-17(13-15)26-19(25-11-4-5-12-25)23-24-20(26)28-14-18(27)22-16-8-2-1-3-9-16/h6-7,10,13,16H,1-5,8-9,11-12,14H2,(H,22,27). The Bertz CT molecular complexity index is 815. The zero-order valence-corrected chi connectivity index (χ0v) is 17.5. The first-order chi connectivity index (χ1) is 13.7. The van der Waals surface area contributed by atoms with Crippen molar-refractivity contribution in [2.24, 2.45) is 0 Å². The highest BCUT2D eigenvalue weighted by atomic mass is 35.5. The summed E-state index contributed by atoms with van der Waals surface area (Å²) < 4.78 is 2.02. The summed E-state index contributed by atoms with van der Waals surface area (Å²) in [5.74, 6) is 1.24. The fourth-order valence-corrected chi connectivity index (χ4v) is 4.91. The van der Waals surface area contributed by atoms with Gasteiger partial charge in [0, 0.05) is 24.2 Å². The number of amides is 1. The van der Waals surface area contributed by atoms with Gasteiger partial charge >= 0.3 is 0 Å². The van der Waals surface area contributed by atoms with Crippen LogP contribution in [-0.4, -0.2) is 45.6 Å². The van der Waals surface area contributed by atoms with E-state index in [9.17, 15) is 4.79 Å². The predicted molar refractivity (Wildman–Crippen MR) is 114 cm³/mol. The maximum atomic E-state index is 12.4. The van der Waals surface area contributed by atoms with Gasteiger partial charge in [0.05, 0.1) is 11.4 Å². The Balaban J connectivity index is 1.50. The van der Waals surface area contributed by atoms with E-state index in [0.29, 0.717) is 16.8 Å². The zero-order valence-electron chi connectivity index (χ0n) is 15.9. The van der Waals surface area contributed by atoms with Crippen molar-refractivity contribution in [2.75, 3.05) is 23.7 Å². The van der Waals surface area contributed by atoms with E-state index >= 15 is 0 Å². The van der Waals surface area contributed by atoms with Gasteiger partial charge in [-0.3, -0.25) is 9.36 Å². The molecule has 1 aliphatic heterocycles. The first-order valence-corrected chi connectivity index (χ1v) is 11.5. The molecule has 2 aromatic rings. The maximum Gasteiger partial charge on any atom is 0.232 e. The molecule has 2 aliphatic rings. The van der Waals surface area contributed by atoms with Crippen LogP contribution < -0.4 is 10.2 Å². The Hall–Kier alpha value is -1.73. The molecular formula is C20H26ClN5OS. The smallest absolute Gasteiger partial charge is 0.232 e. The van der Waals surface area contributed by atoms with Gasteiger partial charge in [0.15, 0.2) is 5.16 Å². The van der Waals surface area contributed by atoms with Crippen molar-refractivity contribution in [1.29, 1.82) is 0 Å². The van der Waals surface area contributed by atoms with Crippen molar-refractivity contribution in [3.8, 4) is 5.69 Å². The molecule has 1 saturated heterocycles. The third-order valence-electron chi connectivity index (χ3n) is 5.37. The minimum Gasteiger partial charge on any atom is -0.353 e. The van der Waals surface area contributed by atoms with Crippen molar-refractivity contribution in [2.45, 2.75) is 56.1 Å². The molecule has 1 aliphatic carbocycles. The van der Waals surface area contributed by atoms with E-state index in [4.69, 9.17) is 11.6 Å². The Morgan fingerprint density at radius 3 is 2.68 bits per heavy atom. The SMILES string of the molecule is O=C(CSc1nnc(N2CCCC2)n1-c1cccc(Cl)c1)NC1CCCCC1. The third-order valence-corrected chi connectivity index (χ3v) is 6.54. The summed E-state index contributed by atoms with van der Waals surface area (Å²) in [4.78, 5) is 14.7. The molecule has 2 fully saturated rings. The van der Waals surface area contributed by atoms with Gasteiger partial charge in [-0.25, -0.2) is 0 Å². The highest BCUT2D eigenvalue weighted by molar-refractivity contribution is 7.99. The Labute approximate surface area is 175 Å². The third kappa shape index (κ3) is 4.63. The molecule has 4 rings (SSSR count). The molecule has 8 heteroatoms. The largest absolute Gasteiger partial charge is 0.353 e. The van der Waals surface area contributed by atoms with E-state index in [-0.39, 0.29) is 5.91 Å². The first-order valence-electron chi connectivity index (χ1n) is 10.1. The van der Waals surface area contributed by atoms with Crippen LogP contribution in [0.5, 0.6) is 0 Å². The topological polar surface area (TPSA) is 63.1 Å². The summed E-state index contributed by atoms with van der Waals surface area (Å²) in [6.45, 7) is 1.96. The average Bonchev–Trinajstić information content (AvgIpc) is 3.37. The zero-order chi connectivity index (χ0) is 19.3. The lowest BCUT2D eigenvalue weighted by Crippen LogP contribution is -2.37. The molecule has 2 heterocycles. The van der Waals surface area contributed by atoms with Crippen LogP contribution in [0.1, 0.15) is 44.9 Å². The van der Waals surface area contributed by atoms with Gasteiger partial charge in [-0.1, -0.05) is 48.7 Å². The molecule has 1 aromatic heterocycles. The second-order valence-electron chi connectivity index (χ2n) is 7.48. The van der Waals surface area contributed by atoms with Crippen LogP contribution in [0, 0.1) is 0 Å². The fraction of sp³-hybridized carbons (Fsp3) is 0.550. The van der Waals surface area contributed by atoms with Crippen molar-refractivity contribution in [3.05, 3.63) is 29.3 Å². The number of hydrogen-bond donors (Lipinski definition) is 1. The van der Waals surface area contributed by atoms with E-state index in [1.807, 2.05) is 28.8 Å². The van der Waals surface area contributed by atoms with Crippen LogP contribution in [0.2, 0.25) is 5.02 Å². The van der Waals surface area contributed by atoms with Crippen LogP contribution >= 0.6 is 23.4 Å². The quantitative estimate of drug-likeness (QED) is 0.715. The number of halogens is 1. The summed E-state index contributed by atoms with van der Waals surface area (Å²) >= 11 is 7.66. The van der Waals surface area contributed by atoms with E-state index in [1.54, 1.807) is 0 Å². The molecular weight excluding hydrogens is 394 g/mol. The number of benzene rings is 1. The summed E-state index contributed by atoms with van der Waals surface area (Å²) in [6, 6.07) is 8.02. The van der Waals surface area contributed by atoms with Gasteiger partial charge in [-0.05, 0) is 43.9 Å². The number of aromatic nitrogens is 3. The minimum atomic E-state index is 0.0697. The summed E-state index contributed by atoms with van der Waals surface area (Å²) in [5.41, 5.74) is 0.926. The number of rotatable bonds is 6. The van der Waals surface area contributed by atoms with Crippen LogP contribution in [0.15, 0.2) is 29.4 Å². The molecule has 1 aromatic carbocycles. The van der Waals surface area contributed by atoms with Crippen molar-refractivity contribution in [1.82, 2.24) is 20.1 Å². The van der Waals surface area contributed by atoms with Crippen molar-refractivity contribution in [3.63, 3.8) is 0 Å². The summed E-state index contributed by atoms with van der Waals surface area (Å²) in [5, 5.41) is 13.4. The monoisotopic (exact) mass is 419 g/mol. The Kier molecular flexibility index (Phi) is 6.42. The highest BCUT2D eigenvalue weighted by Crippen LogP contribution is 2.29. The first kappa shape index (κ1) is 19.6. The van der Waals surface area contributed by atoms with Gasteiger partial charge in [0.25, 0.3) is 0 Å². The molecule has 6 nitrogen and oxygen atoms in total. The number of thioether (sulfide) groups is 1. The molecule has 1 saturated carbocycles. The van der Waals surface area contributed by atoms with Crippen molar-refractivity contribution >= 4 is 35.2 Å². The second-order valence-corrected chi connectivity index (χ2v) is 8.86. The van der Waals surface area contributed by atoms with Crippen LogP contribution in [0.25, 0.3) is 5.69 Å². The molecule has 0 spiro atoms. The van der Waals surface area contributed by atoms with Crippen molar-refractivity contribution < 1.29 is 4.79 Å². The molecule has 1 amide bonds. The lowest BCUT2D eigenvalue weighted by atomic mass is 9.95. The number of carbonyl (C=O) groups excluding carboxylic acids is 1. The van der Waals surface area contributed by atoms with Gasteiger partial charge in [0.1, 0.15) is 0 Å². The summed E-state index contributed by atoms with van der Waals surface area (Å²) in [7, 11) is 0. The van der Waals surface area contributed by atoms with Gasteiger partial charge in [-0.15, -0.1) is 10.2 Å². The maximum absolute atomic E-state index is 12.4.